The van der Waals surface area contributed by atoms with E-state index >= 15 is 0 Å². The predicted molar refractivity (Wildman–Crippen MR) is 103 cm³/mol. The van der Waals surface area contributed by atoms with Gasteiger partial charge in [0.05, 0.1) is 31.9 Å². The van der Waals surface area contributed by atoms with E-state index in [4.69, 9.17) is 28.9 Å². The van der Waals surface area contributed by atoms with Gasteiger partial charge in [-0.1, -0.05) is 23.2 Å². The van der Waals surface area contributed by atoms with Gasteiger partial charge in [0.1, 0.15) is 0 Å². The summed E-state index contributed by atoms with van der Waals surface area (Å²) in [6, 6.07) is 7.26. The standard InChI is InChI=1S/C17H16Cl2N4O3/c18-13-7-10(8-14(19)16(13)20)21-17(24)12-9-11(23(25)26)3-4-15(12)22-5-1-2-6-22/h3-4,7-9H,1-2,5-6,20H2,(H,21,24). The maximum atomic E-state index is 12.8. The number of nitrogen functional groups attached to an aromatic ring is 1. The molecule has 0 aromatic heterocycles. The van der Waals surface area contributed by atoms with Crippen molar-refractivity contribution in [3.8, 4) is 0 Å². The zero-order chi connectivity index (χ0) is 18.8. The highest BCUT2D eigenvalue weighted by Gasteiger charge is 2.23. The highest BCUT2D eigenvalue weighted by atomic mass is 35.5. The molecule has 1 saturated heterocycles. The summed E-state index contributed by atoms with van der Waals surface area (Å²) in [6.07, 6.45) is 2.03. The molecular formula is C17H16Cl2N4O3. The first-order chi connectivity index (χ1) is 12.4. The SMILES string of the molecule is Nc1c(Cl)cc(NC(=O)c2cc([N+](=O)[O-])ccc2N2CCCC2)cc1Cl. The van der Waals surface area contributed by atoms with Crippen molar-refractivity contribution in [2.75, 3.05) is 29.0 Å². The molecule has 0 bridgehead atoms. The molecule has 7 nitrogen and oxygen atoms in total. The van der Waals surface area contributed by atoms with Gasteiger partial charge in [-0.25, -0.2) is 0 Å². The number of amides is 1. The molecule has 26 heavy (non-hydrogen) atoms. The van der Waals surface area contributed by atoms with Crippen LogP contribution in [0.15, 0.2) is 30.3 Å². The number of nitrogens with two attached hydrogens (primary N) is 1. The summed E-state index contributed by atoms with van der Waals surface area (Å²) < 4.78 is 0. The average molecular weight is 395 g/mol. The van der Waals surface area contributed by atoms with Gasteiger partial charge in [0.2, 0.25) is 0 Å². The van der Waals surface area contributed by atoms with Crippen LogP contribution in [-0.4, -0.2) is 23.9 Å². The lowest BCUT2D eigenvalue weighted by Gasteiger charge is -2.21. The number of non-ortho nitro benzene ring substituents is 1. The van der Waals surface area contributed by atoms with Gasteiger partial charge >= 0.3 is 0 Å². The topological polar surface area (TPSA) is 101 Å². The Labute approximate surface area is 159 Å². The molecule has 1 amide bonds. The molecule has 1 heterocycles. The second-order valence-electron chi connectivity index (χ2n) is 5.96. The molecule has 0 radical (unpaired) electrons. The quantitative estimate of drug-likeness (QED) is 0.456. The lowest BCUT2D eigenvalue weighted by atomic mass is 10.1. The summed E-state index contributed by atoms with van der Waals surface area (Å²) in [7, 11) is 0. The minimum absolute atomic E-state index is 0.147. The van der Waals surface area contributed by atoms with E-state index in [0.717, 1.165) is 25.9 Å². The largest absolute Gasteiger partial charge is 0.396 e. The Morgan fingerprint density at radius 1 is 1.15 bits per heavy atom. The molecule has 0 spiro atoms. The molecule has 136 valence electrons. The molecule has 0 atom stereocenters. The van der Waals surface area contributed by atoms with Crippen LogP contribution < -0.4 is 16.0 Å². The maximum Gasteiger partial charge on any atom is 0.270 e. The van der Waals surface area contributed by atoms with Crippen LogP contribution in [0.25, 0.3) is 0 Å². The molecule has 2 aromatic carbocycles. The molecule has 2 aromatic rings. The fourth-order valence-electron chi connectivity index (χ4n) is 2.91. The summed E-state index contributed by atoms with van der Waals surface area (Å²) in [5, 5.41) is 14.2. The Balaban J connectivity index is 1.96. The number of hydrogen-bond acceptors (Lipinski definition) is 5. The van der Waals surface area contributed by atoms with Gasteiger partial charge in [-0.3, -0.25) is 14.9 Å². The number of nitrogens with one attached hydrogen (secondary N) is 1. The van der Waals surface area contributed by atoms with Crippen LogP contribution >= 0.6 is 23.2 Å². The summed E-state index contributed by atoms with van der Waals surface area (Å²) in [5.41, 5.74) is 7.02. The maximum absolute atomic E-state index is 12.8. The van der Waals surface area contributed by atoms with Crippen molar-refractivity contribution in [3.63, 3.8) is 0 Å². The number of anilines is 3. The van der Waals surface area contributed by atoms with Gasteiger partial charge in [0, 0.05) is 30.9 Å². The normalized spacial score (nSPS) is 13.7. The Morgan fingerprint density at radius 2 is 1.77 bits per heavy atom. The van der Waals surface area contributed by atoms with Crippen molar-refractivity contribution >= 4 is 51.9 Å². The van der Waals surface area contributed by atoms with Crippen LogP contribution in [0.5, 0.6) is 0 Å². The zero-order valence-corrected chi connectivity index (χ0v) is 15.2. The zero-order valence-electron chi connectivity index (χ0n) is 13.7. The molecule has 0 aliphatic carbocycles. The molecule has 9 heteroatoms. The molecule has 0 unspecified atom stereocenters. The van der Waals surface area contributed by atoms with Crippen LogP contribution in [-0.2, 0) is 0 Å². The van der Waals surface area contributed by atoms with Crippen molar-refractivity contribution in [3.05, 3.63) is 56.1 Å². The minimum Gasteiger partial charge on any atom is -0.396 e. The summed E-state index contributed by atoms with van der Waals surface area (Å²) in [5.74, 6) is -0.479. The molecule has 1 fully saturated rings. The van der Waals surface area contributed by atoms with Crippen LogP contribution in [0.1, 0.15) is 23.2 Å². The van der Waals surface area contributed by atoms with E-state index in [1.165, 1.54) is 24.3 Å². The lowest BCUT2D eigenvalue weighted by Crippen LogP contribution is -2.23. The number of nitrogens with zero attached hydrogens (tertiary/aromatic N) is 2. The molecular weight excluding hydrogens is 379 g/mol. The molecule has 3 rings (SSSR count). The van der Waals surface area contributed by atoms with Gasteiger partial charge < -0.3 is 16.0 Å². The first kappa shape index (κ1) is 18.3. The van der Waals surface area contributed by atoms with Crippen molar-refractivity contribution in [2.45, 2.75) is 12.8 Å². The van der Waals surface area contributed by atoms with E-state index in [2.05, 4.69) is 5.32 Å². The van der Waals surface area contributed by atoms with Gasteiger partial charge in [0.15, 0.2) is 0 Å². The number of carbonyl (C=O) groups is 1. The minimum atomic E-state index is -0.526. The van der Waals surface area contributed by atoms with Gasteiger partial charge in [0.25, 0.3) is 11.6 Å². The van der Waals surface area contributed by atoms with Crippen LogP contribution in [0, 0.1) is 10.1 Å². The molecule has 1 aliphatic heterocycles. The highest BCUT2D eigenvalue weighted by Crippen LogP contribution is 2.33. The van der Waals surface area contributed by atoms with E-state index in [1.54, 1.807) is 6.07 Å². The second-order valence-corrected chi connectivity index (χ2v) is 6.77. The fourth-order valence-corrected chi connectivity index (χ4v) is 3.40. The highest BCUT2D eigenvalue weighted by molar-refractivity contribution is 6.39. The fraction of sp³-hybridized carbons (Fsp3) is 0.235. The Morgan fingerprint density at radius 3 is 2.35 bits per heavy atom. The van der Waals surface area contributed by atoms with Gasteiger partial charge in [-0.2, -0.15) is 0 Å². The van der Waals surface area contributed by atoms with Crippen LogP contribution in [0.2, 0.25) is 10.0 Å². The third-order valence-electron chi connectivity index (χ3n) is 4.22. The number of carbonyl (C=O) groups excluding carboxylic acids is 1. The number of rotatable bonds is 4. The van der Waals surface area contributed by atoms with E-state index in [9.17, 15) is 14.9 Å². The van der Waals surface area contributed by atoms with E-state index in [1.807, 2.05) is 4.90 Å². The second kappa shape index (κ2) is 7.39. The number of hydrogen-bond donors (Lipinski definition) is 2. The number of benzene rings is 2. The lowest BCUT2D eigenvalue weighted by molar-refractivity contribution is -0.384. The molecule has 1 aliphatic rings. The predicted octanol–water partition coefficient (Wildman–Crippen LogP) is 4.34. The summed E-state index contributed by atoms with van der Waals surface area (Å²) in [6.45, 7) is 1.61. The summed E-state index contributed by atoms with van der Waals surface area (Å²) in [4.78, 5) is 25.4. The molecule has 0 saturated carbocycles. The first-order valence-electron chi connectivity index (χ1n) is 7.96. The average Bonchev–Trinajstić information content (AvgIpc) is 3.13. The van der Waals surface area contributed by atoms with E-state index < -0.39 is 10.8 Å². The first-order valence-corrected chi connectivity index (χ1v) is 8.71. The van der Waals surface area contributed by atoms with E-state index in [0.29, 0.717) is 11.4 Å². The Hall–Kier alpha value is -2.51. The van der Waals surface area contributed by atoms with Crippen molar-refractivity contribution < 1.29 is 9.72 Å². The van der Waals surface area contributed by atoms with Crippen molar-refractivity contribution in [1.82, 2.24) is 0 Å². The number of nitro benzene ring substituents is 1. The van der Waals surface area contributed by atoms with Crippen molar-refractivity contribution in [1.29, 1.82) is 0 Å². The van der Waals surface area contributed by atoms with Gasteiger partial charge in [-0.15, -0.1) is 0 Å². The van der Waals surface area contributed by atoms with Crippen LogP contribution in [0.3, 0.4) is 0 Å². The van der Waals surface area contributed by atoms with Gasteiger partial charge in [-0.05, 0) is 31.0 Å². The number of nitro groups is 1. The number of halogens is 2. The molecule has 3 N–H and O–H groups in total. The Bertz CT molecular complexity index is 859. The third kappa shape index (κ3) is 3.68. The third-order valence-corrected chi connectivity index (χ3v) is 4.84. The van der Waals surface area contributed by atoms with E-state index in [-0.39, 0.29) is 27.0 Å². The summed E-state index contributed by atoms with van der Waals surface area (Å²) >= 11 is 12.0. The monoisotopic (exact) mass is 394 g/mol. The smallest absolute Gasteiger partial charge is 0.270 e. The van der Waals surface area contributed by atoms with Crippen molar-refractivity contribution in [2.24, 2.45) is 0 Å². The van der Waals surface area contributed by atoms with Crippen LogP contribution in [0.4, 0.5) is 22.7 Å². The Kier molecular flexibility index (Phi) is 5.20.